The minimum Gasteiger partial charge on any atom is -0.300 e. The summed E-state index contributed by atoms with van der Waals surface area (Å²) < 4.78 is 0. The molecular formula is C13H18N2S. The third-order valence-electron chi connectivity index (χ3n) is 2.90. The minimum absolute atomic E-state index is 0.761. The number of fused-ring (bicyclic) bond motifs is 1. The molecule has 1 unspecified atom stereocenters. The maximum Gasteiger partial charge on any atom is 0.107 e. The van der Waals surface area contributed by atoms with E-state index in [0.717, 1.165) is 19.0 Å². The lowest BCUT2D eigenvalue weighted by Crippen LogP contribution is -2.13. The van der Waals surface area contributed by atoms with Crippen LogP contribution >= 0.6 is 11.3 Å². The molecule has 0 aliphatic heterocycles. The Morgan fingerprint density at radius 2 is 2.44 bits per heavy atom. The van der Waals surface area contributed by atoms with E-state index in [0.29, 0.717) is 0 Å². The van der Waals surface area contributed by atoms with Crippen LogP contribution in [0.25, 0.3) is 0 Å². The Kier molecular flexibility index (Phi) is 3.98. The van der Waals surface area contributed by atoms with Crippen LogP contribution in [0.3, 0.4) is 0 Å². The Bertz CT molecular complexity index is 411. The quantitative estimate of drug-likeness (QED) is 0.641. The minimum atomic E-state index is 0.761. The van der Waals surface area contributed by atoms with Crippen LogP contribution in [0.1, 0.15) is 35.8 Å². The smallest absolute Gasteiger partial charge is 0.107 e. The normalized spacial score (nSPS) is 18.8. The molecule has 0 bridgehead atoms. The highest BCUT2D eigenvalue weighted by Crippen LogP contribution is 2.29. The Hall–Kier alpha value is -0.850. The number of rotatable bonds is 3. The van der Waals surface area contributed by atoms with Crippen LogP contribution in [0.15, 0.2) is 0 Å². The molecule has 1 aliphatic carbocycles. The van der Waals surface area contributed by atoms with Gasteiger partial charge in [0.05, 0.1) is 12.2 Å². The largest absolute Gasteiger partial charge is 0.300 e. The lowest BCUT2D eigenvalue weighted by Gasteiger charge is -2.15. The van der Waals surface area contributed by atoms with Crippen molar-refractivity contribution in [3.8, 4) is 11.8 Å². The van der Waals surface area contributed by atoms with Gasteiger partial charge in [0.2, 0.25) is 0 Å². The van der Waals surface area contributed by atoms with Crippen LogP contribution in [0.4, 0.5) is 0 Å². The summed E-state index contributed by atoms with van der Waals surface area (Å²) in [6.07, 6.45) is 3.69. The van der Waals surface area contributed by atoms with Crippen molar-refractivity contribution in [3.05, 3.63) is 15.6 Å². The van der Waals surface area contributed by atoms with Crippen molar-refractivity contribution in [1.82, 2.24) is 10.3 Å². The van der Waals surface area contributed by atoms with Gasteiger partial charge in [-0.3, -0.25) is 5.32 Å². The summed E-state index contributed by atoms with van der Waals surface area (Å²) >= 11 is 1.88. The van der Waals surface area contributed by atoms with Crippen LogP contribution in [0, 0.1) is 17.8 Å². The summed E-state index contributed by atoms with van der Waals surface area (Å²) in [6.45, 7) is 5.82. The molecular weight excluding hydrogens is 216 g/mol. The van der Waals surface area contributed by atoms with Gasteiger partial charge in [0, 0.05) is 11.4 Å². The van der Waals surface area contributed by atoms with Gasteiger partial charge in [-0.1, -0.05) is 12.8 Å². The maximum absolute atomic E-state index is 4.69. The van der Waals surface area contributed by atoms with E-state index < -0.39 is 0 Å². The Morgan fingerprint density at radius 3 is 3.25 bits per heavy atom. The van der Waals surface area contributed by atoms with Gasteiger partial charge in [0.25, 0.3) is 0 Å². The first-order valence-corrected chi connectivity index (χ1v) is 6.69. The summed E-state index contributed by atoms with van der Waals surface area (Å²) in [5.74, 6) is 6.72. The molecule has 16 heavy (non-hydrogen) atoms. The van der Waals surface area contributed by atoms with Crippen molar-refractivity contribution in [2.75, 3.05) is 6.54 Å². The third kappa shape index (κ3) is 2.84. The highest BCUT2D eigenvalue weighted by atomic mass is 32.1. The van der Waals surface area contributed by atoms with Crippen molar-refractivity contribution < 1.29 is 0 Å². The molecule has 1 aliphatic rings. The van der Waals surface area contributed by atoms with E-state index >= 15 is 0 Å². The zero-order valence-electron chi connectivity index (χ0n) is 9.97. The highest BCUT2D eigenvalue weighted by molar-refractivity contribution is 7.11. The molecule has 1 heterocycles. The Labute approximate surface area is 101 Å². The van der Waals surface area contributed by atoms with E-state index in [1.165, 1.54) is 34.8 Å². The molecule has 86 valence electrons. The lowest BCUT2D eigenvalue weighted by molar-refractivity contribution is 0.501. The SMILES string of the molecule is CC#CCNCc1nc2c(s1)CC(C)CC2. The molecule has 0 saturated heterocycles. The molecule has 0 aromatic carbocycles. The summed E-state index contributed by atoms with van der Waals surface area (Å²) in [5.41, 5.74) is 1.35. The average Bonchev–Trinajstić information content (AvgIpc) is 2.66. The molecule has 0 saturated carbocycles. The van der Waals surface area contributed by atoms with Crippen molar-refractivity contribution in [2.45, 2.75) is 39.7 Å². The van der Waals surface area contributed by atoms with E-state index in [1.807, 2.05) is 18.3 Å². The van der Waals surface area contributed by atoms with Gasteiger partial charge < -0.3 is 0 Å². The number of aryl methyl sites for hydroxylation is 1. The van der Waals surface area contributed by atoms with Gasteiger partial charge in [-0.2, -0.15) is 0 Å². The van der Waals surface area contributed by atoms with Gasteiger partial charge in [0.15, 0.2) is 0 Å². The van der Waals surface area contributed by atoms with Crippen LogP contribution < -0.4 is 5.32 Å². The van der Waals surface area contributed by atoms with Crippen molar-refractivity contribution >= 4 is 11.3 Å². The molecule has 1 aromatic rings. The van der Waals surface area contributed by atoms with Gasteiger partial charge >= 0.3 is 0 Å². The second-order valence-electron chi connectivity index (χ2n) is 4.36. The van der Waals surface area contributed by atoms with Gasteiger partial charge in [0.1, 0.15) is 5.01 Å². The van der Waals surface area contributed by atoms with Crippen molar-refractivity contribution in [2.24, 2.45) is 5.92 Å². The Balaban J connectivity index is 1.93. The number of nitrogens with zero attached hydrogens (tertiary/aromatic N) is 1. The summed E-state index contributed by atoms with van der Waals surface area (Å²) in [4.78, 5) is 6.20. The monoisotopic (exact) mass is 234 g/mol. The maximum atomic E-state index is 4.69. The molecule has 3 heteroatoms. The summed E-state index contributed by atoms with van der Waals surface area (Å²) in [6, 6.07) is 0. The van der Waals surface area contributed by atoms with Crippen molar-refractivity contribution in [1.29, 1.82) is 0 Å². The molecule has 0 amide bonds. The van der Waals surface area contributed by atoms with E-state index in [4.69, 9.17) is 4.98 Å². The fourth-order valence-corrected chi connectivity index (χ4v) is 3.24. The fraction of sp³-hybridized carbons (Fsp3) is 0.615. The van der Waals surface area contributed by atoms with E-state index in [1.54, 1.807) is 0 Å². The molecule has 0 spiro atoms. The van der Waals surface area contributed by atoms with E-state index in [2.05, 4.69) is 24.1 Å². The van der Waals surface area contributed by atoms with Gasteiger partial charge in [-0.15, -0.1) is 17.3 Å². The first-order valence-electron chi connectivity index (χ1n) is 5.87. The number of nitrogens with one attached hydrogen (secondary N) is 1. The molecule has 2 nitrogen and oxygen atoms in total. The second kappa shape index (κ2) is 5.47. The number of aromatic nitrogens is 1. The van der Waals surface area contributed by atoms with Crippen LogP contribution in [0.2, 0.25) is 0 Å². The average molecular weight is 234 g/mol. The molecule has 0 fully saturated rings. The molecule has 0 radical (unpaired) electrons. The summed E-state index contributed by atoms with van der Waals surface area (Å²) in [7, 11) is 0. The Morgan fingerprint density at radius 1 is 1.56 bits per heavy atom. The first-order chi connectivity index (χ1) is 7.79. The highest BCUT2D eigenvalue weighted by Gasteiger charge is 2.19. The predicted octanol–water partition coefficient (Wildman–Crippen LogP) is 2.38. The second-order valence-corrected chi connectivity index (χ2v) is 5.52. The fourth-order valence-electron chi connectivity index (χ4n) is 1.99. The first kappa shape index (κ1) is 11.6. The molecule has 1 atom stereocenters. The molecule has 1 aromatic heterocycles. The third-order valence-corrected chi connectivity index (χ3v) is 4.02. The predicted molar refractivity (Wildman–Crippen MR) is 68.5 cm³/mol. The zero-order valence-corrected chi connectivity index (χ0v) is 10.8. The summed E-state index contributed by atoms with van der Waals surface area (Å²) in [5, 5.41) is 4.52. The number of hydrogen-bond donors (Lipinski definition) is 1. The van der Waals surface area contributed by atoms with Crippen molar-refractivity contribution in [3.63, 3.8) is 0 Å². The van der Waals surface area contributed by atoms with Crippen LogP contribution in [-0.2, 0) is 19.4 Å². The zero-order chi connectivity index (χ0) is 11.4. The van der Waals surface area contributed by atoms with Crippen LogP contribution in [-0.4, -0.2) is 11.5 Å². The van der Waals surface area contributed by atoms with E-state index in [9.17, 15) is 0 Å². The number of hydrogen-bond acceptors (Lipinski definition) is 3. The van der Waals surface area contributed by atoms with Gasteiger partial charge in [-0.25, -0.2) is 4.98 Å². The van der Waals surface area contributed by atoms with E-state index in [-0.39, 0.29) is 0 Å². The molecule has 1 N–H and O–H groups in total. The molecule has 2 rings (SSSR count). The topological polar surface area (TPSA) is 24.9 Å². The van der Waals surface area contributed by atoms with Gasteiger partial charge in [-0.05, 0) is 32.1 Å². The number of thiazole rings is 1. The lowest BCUT2D eigenvalue weighted by atomic mass is 9.93. The standard InChI is InChI=1S/C13H18N2S/c1-3-4-7-14-9-13-15-11-6-5-10(2)8-12(11)16-13/h10,14H,5-9H2,1-2H3. The van der Waals surface area contributed by atoms with Crippen LogP contribution in [0.5, 0.6) is 0 Å².